The molecule has 0 spiro atoms. The maximum atomic E-state index is 11.7. The van der Waals surface area contributed by atoms with Gasteiger partial charge in [0.1, 0.15) is 6.79 Å². The summed E-state index contributed by atoms with van der Waals surface area (Å²) in [6, 6.07) is 0.159. The summed E-state index contributed by atoms with van der Waals surface area (Å²) >= 11 is 0. The van der Waals surface area contributed by atoms with Gasteiger partial charge >= 0.3 is 0 Å². The van der Waals surface area contributed by atoms with Gasteiger partial charge in [-0.25, -0.2) is 0 Å². The van der Waals surface area contributed by atoms with Gasteiger partial charge in [0.2, 0.25) is 5.91 Å². The second-order valence-electron chi connectivity index (χ2n) is 4.00. The van der Waals surface area contributed by atoms with E-state index in [2.05, 4.69) is 5.32 Å². The maximum absolute atomic E-state index is 11.7. The van der Waals surface area contributed by atoms with Crippen LogP contribution >= 0.6 is 0 Å². The topological polar surface area (TPSA) is 47.6 Å². The van der Waals surface area contributed by atoms with E-state index >= 15 is 0 Å². The monoisotopic (exact) mass is 187 g/mol. The molecular weight excluding hydrogens is 170 g/mol. The van der Waals surface area contributed by atoms with E-state index in [0.29, 0.717) is 20.0 Å². The summed E-state index contributed by atoms with van der Waals surface area (Å²) in [5.41, 5.74) is -0.525. The van der Waals surface area contributed by atoms with Crippen LogP contribution in [-0.2, 0) is 14.3 Å². The Morgan fingerprint density at radius 2 is 1.92 bits per heavy atom. The lowest BCUT2D eigenvalue weighted by Gasteiger charge is -2.32. The van der Waals surface area contributed by atoms with E-state index in [1.54, 1.807) is 0 Å². The molecule has 4 heteroatoms. The van der Waals surface area contributed by atoms with Crippen LogP contribution in [-0.4, -0.2) is 32.0 Å². The minimum Gasteiger partial charge on any atom is -0.354 e. The van der Waals surface area contributed by atoms with Crippen molar-refractivity contribution in [3.8, 4) is 0 Å². The van der Waals surface area contributed by atoms with Gasteiger partial charge in [-0.2, -0.15) is 0 Å². The number of carbonyl (C=O) groups is 1. The Morgan fingerprint density at radius 1 is 1.38 bits per heavy atom. The van der Waals surface area contributed by atoms with Gasteiger partial charge in [0.05, 0.1) is 18.6 Å². The van der Waals surface area contributed by atoms with Crippen molar-refractivity contribution < 1.29 is 14.3 Å². The molecule has 0 radical (unpaired) electrons. The molecule has 1 N–H and O–H groups in total. The van der Waals surface area contributed by atoms with Crippen molar-refractivity contribution in [2.75, 3.05) is 20.0 Å². The van der Waals surface area contributed by atoms with Gasteiger partial charge in [0.15, 0.2) is 0 Å². The zero-order valence-electron chi connectivity index (χ0n) is 8.42. The summed E-state index contributed by atoms with van der Waals surface area (Å²) < 4.78 is 10.2. The molecule has 76 valence electrons. The Morgan fingerprint density at radius 3 is 2.38 bits per heavy atom. The second-order valence-corrected chi connectivity index (χ2v) is 4.00. The quantitative estimate of drug-likeness (QED) is 0.685. The van der Waals surface area contributed by atoms with Crippen LogP contribution in [0.2, 0.25) is 0 Å². The van der Waals surface area contributed by atoms with E-state index in [1.165, 1.54) is 0 Å². The first-order valence-corrected chi connectivity index (χ1v) is 4.51. The van der Waals surface area contributed by atoms with Gasteiger partial charge in [-0.15, -0.1) is 0 Å². The van der Waals surface area contributed by atoms with E-state index in [4.69, 9.17) is 9.47 Å². The molecule has 4 nitrogen and oxygen atoms in total. The summed E-state index contributed by atoms with van der Waals surface area (Å²) in [5, 5.41) is 2.85. The van der Waals surface area contributed by atoms with Gasteiger partial charge in [0.25, 0.3) is 0 Å². The van der Waals surface area contributed by atoms with Crippen molar-refractivity contribution in [2.45, 2.75) is 26.8 Å². The van der Waals surface area contributed by atoms with E-state index in [0.717, 1.165) is 0 Å². The molecule has 0 bridgehead atoms. The number of nitrogens with one attached hydrogen (secondary N) is 1. The summed E-state index contributed by atoms with van der Waals surface area (Å²) in [7, 11) is 0. The standard InChI is InChI=1S/C9H17NO3/c1-7(2)10-8(11)9(3)4-12-6-13-5-9/h7H,4-6H2,1-3H3,(H,10,11). The van der Waals surface area contributed by atoms with E-state index < -0.39 is 5.41 Å². The Bertz CT molecular complexity index is 185. The lowest BCUT2D eigenvalue weighted by Crippen LogP contribution is -2.49. The van der Waals surface area contributed by atoms with Gasteiger partial charge < -0.3 is 14.8 Å². The fourth-order valence-electron chi connectivity index (χ4n) is 1.20. The highest BCUT2D eigenvalue weighted by Gasteiger charge is 2.36. The largest absolute Gasteiger partial charge is 0.354 e. The SMILES string of the molecule is CC(C)NC(=O)C1(C)COCOC1. The van der Waals surface area contributed by atoms with Crippen molar-refractivity contribution in [1.29, 1.82) is 0 Å². The highest BCUT2D eigenvalue weighted by atomic mass is 16.7. The molecule has 1 aliphatic heterocycles. The van der Waals surface area contributed by atoms with Gasteiger partial charge in [-0.05, 0) is 20.8 Å². The summed E-state index contributed by atoms with van der Waals surface area (Å²) in [4.78, 5) is 11.7. The van der Waals surface area contributed by atoms with Crippen LogP contribution in [0.3, 0.4) is 0 Å². The third-order valence-electron chi connectivity index (χ3n) is 1.98. The zero-order valence-corrected chi connectivity index (χ0v) is 8.42. The Kier molecular flexibility index (Phi) is 3.27. The summed E-state index contributed by atoms with van der Waals surface area (Å²) in [5.74, 6) is 0.00204. The number of hydrogen-bond acceptors (Lipinski definition) is 3. The molecule has 0 aliphatic carbocycles. The first kappa shape index (κ1) is 10.5. The normalized spacial score (nSPS) is 21.5. The Balaban J connectivity index is 2.51. The fourth-order valence-corrected chi connectivity index (χ4v) is 1.20. The lowest BCUT2D eigenvalue weighted by atomic mass is 9.91. The van der Waals surface area contributed by atoms with E-state index in [1.807, 2.05) is 20.8 Å². The molecule has 0 aromatic carbocycles. The van der Waals surface area contributed by atoms with Gasteiger partial charge in [-0.3, -0.25) is 4.79 Å². The van der Waals surface area contributed by atoms with Crippen LogP contribution in [0.25, 0.3) is 0 Å². The molecule has 0 saturated carbocycles. The number of amides is 1. The molecule has 1 fully saturated rings. The highest BCUT2D eigenvalue weighted by Crippen LogP contribution is 2.21. The van der Waals surface area contributed by atoms with Gasteiger partial charge in [-0.1, -0.05) is 0 Å². The molecule has 1 amide bonds. The van der Waals surface area contributed by atoms with Crippen molar-refractivity contribution in [3.63, 3.8) is 0 Å². The third kappa shape index (κ3) is 2.67. The first-order valence-electron chi connectivity index (χ1n) is 4.51. The zero-order chi connectivity index (χ0) is 9.90. The van der Waals surface area contributed by atoms with Gasteiger partial charge in [0, 0.05) is 6.04 Å². The number of rotatable bonds is 2. The Labute approximate surface area is 78.6 Å². The average molecular weight is 187 g/mol. The molecule has 0 aromatic rings. The molecule has 1 heterocycles. The summed E-state index contributed by atoms with van der Waals surface area (Å²) in [6.45, 7) is 6.89. The summed E-state index contributed by atoms with van der Waals surface area (Å²) in [6.07, 6.45) is 0. The highest BCUT2D eigenvalue weighted by molar-refractivity contribution is 5.82. The molecule has 0 unspecified atom stereocenters. The predicted molar refractivity (Wildman–Crippen MR) is 48.2 cm³/mol. The molecular formula is C9H17NO3. The van der Waals surface area contributed by atoms with Crippen molar-refractivity contribution >= 4 is 5.91 Å². The molecule has 0 aromatic heterocycles. The Hall–Kier alpha value is -0.610. The van der Waals surface area contributed by atoms with E-state index in [-0.39, 0.29) is 11.9 Å². The second kappa shape index (κ2) is 4.07. The van der Waals surface area contributed by atoms with Crippen molar-refractivity contribution in [1.82, 2.24) is 5.32 Å². The lowest BCUT2D eigenvalue weighted by molar-refractivity contribution is -0.174. The van der Waals surface area contributed by atoms with Crippen LogP contribution < -0.4 is 5.32 Å². The number of carbonyl (C=O) groups excluding carboxylic acids is 1. The van der Waals surface area contributed by atoms with Crippen LogP contribution in [0.4, 0.5) is 0 Å². The predicted octanol–water partition coefficient (Wildman–Crippen LogP) is 0.522. The molecule has 13 heavy (non-hydrogen) atoms. The average Bonchev–Trinajstić information content (AvgIpc) is 2.04. The van der Waals surface area contributed by atoms with Crippen molar-refractivity contribution in [3.05, 3.63) is 0 Å². The fraction of sp³-hybridized carbons (Fsp3) is 0.889. The third-order valence-corrected chi connectivity index (χ3v) is 1.98. The minimum absolute atomic E-state index is 0.00204. The smallest absolute Gasteiger partial charge is 0.230 e. The number of ether oxygens (including phenoxy) is 2. The molecule has 1 rings (SSSR count). The van der Waals surface area contributed by atoms with E-state index in [9.17, 15) is 4.79 Å². The van der Waals surface area contributed by atoms with Crippen molar-refractivity contribution in [2.24, 2.45) is 5.41 Å². The number of hydrogen-bond donors (Lipinski definition) is 1. The maximum Gasteiger partial charge on any atom is 0.230 e. The van der Waals surface area contributed by atoms with Crippen LogP contribution in [0, 0.1) is 5.41 Å². The van der Waals surface area contributed by atoms with Crippen LogP contribution in [0.1, 0.15) is 20.8 Å². The molecule has 1 saturated heterocycles. The molecule has 0 atom stereocenters. The first-order chi connectivity index (χ1) is 6.04. The van der Waals surface area contributed by atoms with Crippen LogP contribution in [0.5, 0.6) is 0 Å². The molecule has 1 aliphatic rings. The minimum atomic E-state index is -0.525. The van der Waals surface area contributed by atoms with Crippen LogP contribution in [0.15, 0.2) is 0 Å².